The Balaban J connectivity index is -0.000000160. The molecule has 0 aliphatic carbocycles. The second kappa shape index (κ2) is 94.7. The molecule has 3 aromatic carbocycles. The number of carbonyl (C=O) groups excluding carboxylic acids is 8. The molecule has 0 saturated carbocycles. The number of carbonyl (C=O) groups is 8. The van der Waals surface area contributed by atoms with Crippen LogP contribution in [0, 0.1) is 166 Å². The molecule has 147 heavy (non-hydrogen) atoms. The van der Waals surface area contributed by atoms with Crippen molar-refractivity contribution in [3.63, 3.8) is 0 Å². The third kappa shape index (κ3) is 92.3. The van der Waals surface area contributed by atoms with Crippen LogP contribution in [-0.4, -0.2) is 127 Å². The topological polar surface area (TPSA) is 180 Å². The third-order valence-electron chi connectivity index (χ3n) is 24.4. The fraction of sp³-hybridized carbons (Fsp3) is 0.795. The number of Topliss-reactive ketones (excluding diaryl/α,β-unsaturated/α-hetero) is 8. The van der Waals surface area contributed by atoms with E-state index in [1.807, 2.05) is 147 Å². The van der Waals surface area contributed by atoms with Crippen molar-refractivity contribution in [3.8, 4) is 17.2 Å². The van der Waals surface area contributed by atoms with Gasteiger partial charge in [0.2, 0.25) is 0 Å². The maximum absolute atomic E-state index is 12.4. The zero-order valence-electron chi connectivity index (χ0n) is 104. The Morgan fingerprint density at radius 2 is 0.456 bits per heavy atom. The van der Waals surface area contributed by atoms with Crippen molar-refractivity contribution in [3.05, 3.63) is 89.5 Å². The van der Waals surface area contributed by atoms with Gasteiger partial charge in [0.25, 0.3) is 0 Å². The highest BCUT2D eigenvalue weighted by Gasteiger charge is 2.30. The first-order valence-electron chi connectivity index (χ1n) is 56.6. The van der Waals surface area contributed by atoms with E-state index in [0.29, 0.717) is 167 Å². The molecule has 0 bridgehead atoms. The highest BCUT2D eigenvalue weighted by atomic mass is 32.1. The summed E-state index contributed by atoms with van der Waals surface area (Å²) in [5.41, 5.74) is 3.66. The Bertz CT molecular complexity index is 3560. The number of ketones is 8. The minimum atomic E-state index is 0. The van der Waals surface area contributed by atoms with Gasteiger partial charge in [-0.25, -0.2) is 0 Å². The molecule has 0 N–H and O–H groups in total. The van der Waals surface area contributed by atoms with Gasteiger partial charge in [-0.15, -0.1) is 0 Å². The molecule has 0 amide bonds. The minimum Gasteiger partial charge on any atom is -0.494 e. The fourth-order valence-corrected chi connectivity index (χ4v) is 16.3. The molecular formula is C127H244N2O12S6. The van der Waals surface area contributed by atoms with Gasteiger partial charge in [-0.3, -0.25) is 48.2 Å². The van der Waals surface area contributed by atoms with Crippen molar-refractivity contribution in [2.24, 2.45) is 166 Å². The summed E-state index contributed by atoms with van der Waals surface area (Å²) < 4.78 is 22.8. The second-order valence-corrected chi connectivity index (χ2v) is 50.2. The van der Waals surface area contributed by atoms with Gasteiger partial charge in [-0.1, -0.05) is 347 Å². The molecule has 870 valence electrons. The van der Waals surface area contributed by atoms with E-state index >= 15 is 0 Å². The molecule has 0 heterocycles. The quantitative estimate of drug-likeness (QED) is 0.0521. The lowest BCUT2D eigenvalue weighted by Crippen LogP contribution is -2.39. The normalized spacial score (nSPS) is 12.4. The van der Waals surface area contributed by atoms with Crippen LogP contribution in [0.4, 0.5) is 0 Å². The van der Waals surface area contributed by atoms with Crippen molar-refractivity contribution < 1.29 is 57.3 Å². The average molecular weight is 2180 g/mol. The predicted octanol–water partition coefficient (Wildman–Crippen LogP) is 33.8. The van der Waals surface area contributed by atoms with Crippen LogP contribution in [-0.2, 0) is 62.4 Å². The summed E-state index contributed by atoms with van der Waals surface area (Å²) in [4.78, 5) is 101. The molecule has 3 rings (SSSR count). The van der Waals surface area contributed by atoms with E-state index in [1.54, 1.807) is 0 Å². The number of rotatable bonds is 62. The number of ether oxygens (including phenoxy) is 4. The highest BCUT2D eigenvalue weighted by molar-refractivity contribution is 7.60. The van der Waals surface area contributed by atoms with E-state index in [9.17, 15) is 38.4 Å². The van der Waals surface area contributed by atoms with E-state index in [1.165, 1.54) is 29.5 Å². The Morgan fingerprint density at radius 3 is 0.701 bits per heavy atom. The minimum absolute atomic E-state index is 0. The molecule has 4 unspecified atom stereocenters. The lowest BCUT2D eigenvalue weighted by atomic mass is 9.83. The van der Waals surface area contributed by atoms with Gasteiger partial charge in [0.05, 0.1) is 39.5 Å². The first kappa shape index (κ1) is 166. The number of hydrogen-bond donors (Lipinski definition) is 0. The van der Waals surface area contributed by atoms with Gasteiger partial charge in [0.1, 0.15) is 63.5 Å². The first-order valence-corrected chi connectivity index (χ1v) is 56.6. The number of nitrogens with zero attached hydrogens (tertiary/aromatic N) is 2. The van der Waals surface area contributed by atoms with E-state index in [0.717, 1.165) is 134 Å². The zero-order chi connectivity index (χ0) is 110. The average Bonchev–Trinajstić information content (AvgIpc) is 0.870. The van der Waals surface area contributed by atoms with Crippen LogP contribution in [0.25, 0.3) is 0 Å². The molecule has 20 heteroatoms. The standard InChI is InChI=1S/C21H34O2.2C20H32O2.C14H28O2.C14H28O.C13H27NO.C13H26O.C12H25NO.6H2S/c1-15(2)11-12-23-20-9-7-18(8-10-20)14-19(13-16(3)4)21(22)17(5)6;2*1-14(2)11-18(20(21)16(5)6)12-17-7-9-19(10-8-17)22-13-15(3)4;1-10(2)7-13(14(15)12(5)6)9-16-8-11(3)4;1-10(2)7-8-13(9-11(3)4)14(15)12(5)6;1-10(2)7-8-14(12(5)6)9-13(15)11(3)4;1-9(2)7-12(8-10(3)4)13(14)11(5)6;1-9(2)7-13(11(5)6)8-12(14)10(3)4;;;;;;/h7-10,15-17,19H,11-14H2,1-6H3;2*7-10,14-16,18H,11-13H2,1-6H3;10-13H,7-9H2,1-6H3;10-13H,7-9H2,1-6H3;10-12H,7-9H2,1-6H3;9-12H,7-8H2,1-6H3;9-11H,7-8H2,1-6H3;6*1H2/t;18-;;;;;;;;;;;;/m.1............/s1. The van der Waals surface area contributed by atoms with E-state index in [4.69, 9.17) is 18.9 Å². The van der Waals surface area contributed by atoms with Crippen LogP contribution < -0.4 is 14.2 Å². The van der Waals surface area contributed by atoms with E-state index in [-0.39, 0.29) is 158 Å². The molecule has 5 atom stereocenters. The predicted molar refractivity (Wildman–Crippen MR) is 672 cm³/mol. The third-order valence-corrected chi connectivity index (χ3v) is 24.4. The summed E-state index contributed by atoms with van der Waals surface area (Å²) in [7, 11) is 0. The molecule has 0 aliphatic heterocycles. The van der Waals surface area contributed by atoms with Crippen molar-refractivity contribution in [2.75, 3.05) is 59.2 Å². The molecule has 0 aliphatic rings. The molecule has 0 spiro atoms. The molecular weight excluding hydrogens is 1940 g/mol. The maximum Gasteiger partial charge on any atom is 0.149 e. The van der Waals surface area contributed by atoms with Gasteiger partial charge in [-0.05, 0) is 254 Å². The summed E-state index contributed by atoms with van der Waals surface area (Å²) in [6, 6.07) is 25.6. The van der Waals surface area contributed by atoms with Gasteiger partial charge in [-0.2, -0.15) is 81.0 Å². The highest BCUT2D eigenvalue weighted by Crippen LogP contribution is 2.31. The Kier molecular flexibility index (Phi) is 107. The van der Waals surface area contributed by atoms with Gasteiger partial charge in [0.15, 0.2) is 0 Å². The molecule has 3 aromatic rings. The lowest BCUT2D eigenvalue weighted by Gasteiger charge is -2.28. The zero-order valence-corrected chi connectivity index (χ0v) is 110. The van der Waals surface area contributed by atoms with Crippen LogP contribution in [0.3, 0.4) is 0 Å². The SMILES string of the molecule is CC(C)CC(CC(C)C)C(=O)C(C)C.CC(C)CCC(CC(C)C)C(=O)C(C)C.CC(C)CCN(CC(=O)C(C)C)C(C)C.CC(C)CCOc1ccc(CC(CC(C)C)C(=O)C(C)C)cc1.CC(C)CN(CC(=O)C(C)C)C(C)C.CC(C)COCC(CC(C)C)C(=O)C(C)C.CC(C)COc1ccc(CC(CC(C)C)C(=O)C(C)C)cc1.CC(C)COc1ccc(C[C@@H](CC(C)C)C(=O)C(C)C)cc1.S.S.S.S.S.S. The van der Waals surface area contributed by atoms with Gasteiger partial charge >= 0.3 is 0 Å². The maximum atomic E-state index is 12.4. The van der Waals surface area contributed by atoms with Crippen molar-refractivity contribution >= 4 is 127 Å². The molecule has 0 radical (unpaired) electrons. The Labute approximate surface area is 953 Å². The second-order valence-electron chi connectivity index (χ2n) is 50.2. The molecule has 0 saturated heterocycles. The monoisotopic (exact) mass is 2180 g/mol. The fourth-order valence-electron chi connectivity index (χ4n) is 16.3. The summed E-state index contributed by atoms with van der Waals surface area (Å²) in [5.74, 6) is 16.4. The number of benzene rings is 3. The van der Waals surface area contributed by atoms with Crippen LogP contribution in [0.15, 0.2) is 72.8 Å². The first-order chi connectivity index (χ1) is 65.1. The van der Waals surface area contributed by atoms with Crippen LogP contribution in [0.2, 0.25) is 0 Å². The van der Waals surface area contributed by atoms with E-state index in [2.05, 4.69) is 268 Å². The van der Waals surface area contributed by atoms with Gasteiger partial charge < -0.3 is 18.9 Å². The summed E-state index contributed by atoms with van der Waals surface area (Å²) in [6.45, 7) is 108. The Hall–Kier alpha value is -3.60. The smallest absolute Gasteiger partial charge is 0.149 e. The molecule has 0 fully saturated rings. The molecule has 14 nitrogen and oxygen atoms in total. The summed E-state index contributed by atoms with van der Waals surface area (Å²) in [5, 5.41) is 0. The van der Waals surface area contributed by atoms with Crippen molar-refractivity contribution in [1.82, 2.24) is 9.80 Å². The van der Waals surface area contributed by atoms with Crippen molar-refractivity contribution in [1.29, 1.82) is 0 Å². The van der Waals surface area contributed by atoms with Crippen LogP contribution >= 0.6 is 81.0 Å². The van der Waals surface area contributed by atoms with E-state index < -0.39 is 0 Å². The largest absolute Gasteiger partial charge is 0.494 e. The number of hydrogen-bond acceptors (Lipinski definition) is 14. The Morgan fingerprint density at radius 1 is 0.218 bits per heavy atom. The summed E-state index contributed by atoms with van der Waals surface area (Å²) in [6.07, 6.45) is 14.0. The van der Waals surface area contributed by atoms with Crippen molar-refractivity contribution in [2.45, 2.75) is 434 Å². The molecule has 0 aromatic heterocycles. The van der Waals surface area contributed by atoms with Crippen LogP contribution in [0.5, 0.6) is 17.2 Å². The van der Waals surface area contributed by atoms with Crippen LogP contribution in [0.1, 0.15) is 420 Å². The lowest BCUT2D eigenvalue weighted by molar-refractivity contribution is -0.129. The summed E-state index contributed by atoms with van der Waals surface area (Å²) >= 11 is 0. The van der Waals surface area contributed by atoms with Gasteiger partial charge in [0, 0.05) is 108 Å².